The Kier molecular flexibility index (Phi) is 2.43. The first kappa shape index (κ1) is 9.55. The van der Waals surface area contributed by atoms with Crippen LogP contribution < -0.4 is 5.32 Å². The van der Waals surface area contributed by atoms with E-state index in [-0.39, 0.29) is 0 Å². The molecule has 3 rings (SSSR count). The van der Waals surface area contributed by atoms with Crippen molar-refractivity contribution in [3.05, 3.63) is 54.2 Å². The van der Waals surface area contributed by atoms with Gasteiger partial charge in [-0.3, -0.25) is 4.98 Å². The molecular weight excluding hydrogens is 196 g/mol. The highest BCUT2D eigenvalue weighted by atomic mass is 14.9. The second kappa shape index (κ2) is 4.06. The van der Waals surface area contributed by atoms with Crippen molar-refractivity contribution in [2.45, 2.75) is 5.92 Å². The van der Waals surface area contributed by atoms with Crippen LogP contribution in [0.25, 0.3) is 11.3 Å². The third-order valence-electron chi connectivity index (χ3n) is 3.12. The van der Waals surface area contributed by atoms with Gasteiger partial charge in [0.1, 0.15) is 0 Å². The molecule has 1 aliphatic rings. The number of hydrogen-bond donors (Lipinski definition) is 1. The number of hydrogen-bond acceptors (Lipinski definition) is 2. The predicted molar refractivity (Wildman–Crippen MR) is 65.3 cm³/mol. The van der Waals surface area contributed by atoms with Gasteiger partial charge in [0, 0.05) is 30.8 Å². The van der Waals surface area contributed by atoms with E-state index in [9.17, 15) is 0 Å². The van der Waals surface area contributed by atoms with E-state index in [2.05, 4.69) is 34.6 Å². The highest BCUT2D eigenvalue weighted by Crippen LogP contribution is 2.23. The van der Waals surface area contributed by atoms with Crippen LogP contribution in [0.3, 0.4) is 0 Å². The van der Waals surface area contributed by atoms with Gasteiger partial charge in [-0.2, -0.15) is 0 Å². The summed E-state index contributed by atoms with van der Waals surface area (Å²) in [6, 6.07) is 14.8. The van der Waals surface area contributed by atoms with E-state index in [1.54, 1.807) is 0 Å². The van der Waals surface area contributed by atoms with Gasteiger partial charge < -0.3 is 5.32 Å². The summed E-state index contributed by atoms with van der Waals surface area (Å²) in [6.07, 6.45) is 1.83. The fourth-order valence-electron chi connectivity index (χ4n) is 1.98. The maximum Gasteiger partial charge on any atom is 0.0701 e. The number of rotatable bonds is 2. The third kappa shape index (κ3) is 1.72. The number of pyridine rings is 1. The fraction of sp³-hybridized carbons (Fsp3) is 0.214. The van der Waals surface area contributed by atoms with Crippen LogP contribution in [0.5, 0.6) is 0 Å². The molecule has 0 unspecified atom stereocenters. The fourth-order valence-corrected chi connectivity index (χ4v) is 1.98. The van der Waals surface area contributed by atoms with E-state index in [0.29, 0.717) is 5.92 Å². The molecule has 1 fully saturated rings. The van der Waals surface area contributed by atoms with E-state index in [1.165, 1.54) is 11.1 Å². The van der Waals surface area contributed by atoms with Crippen LogP contribution in [0, 0.1) is 0 Å². The summed E-state index contributed by atoms with van der Waals surface area (Å²) in [5.41, 5.74) is 3.66. The van der Waals surface area contributed by atoms with Gasteiger partial charge in [0.2, 0.25) is 0 Å². The smallest absolute Gasteiger partial charge is 0.0701 e. The zero-order valence-corrected chi connectivity index (χ0v) is 9.06. The first-order chi connectivity index (χ1) is 7.93. The normalized spacial score (nSPS) is 15.8. The standard InChI is InChI=1S/C14H14N2/c1-2-8-16-14(3-1)12-6-4-11(5-7-12)13-9-15-10-13/h1-8,13,15H,9-10H2. The van der Waals surface area contributed by atoms with Crippen LogP contribution >= 0.6 is 0 Å². The van der Waals surface area contributed by atoms with Gasteiger partial charge in [-0.05, 0) is 17.7 Å². The average Bonchev–Trinajstić information content (AvgIpc) is 2.29. The molecule has 1 saturated heterocycles. The number of nitrogens with one attached hydrogen (secondary N) is 1. The Bertz CT molecular complexity index is 458. The van der Waals surface area contributed by atoms with Crippen LogP contribution in [0.15, 0.2) is 48.7 Å². The Morgan fingerprint density at radius 3 is 2.38 bits per heavy atom. The number of aromatic nitrogens is 1. The molecule has 2 aromatic rings. The molecule has 0 bridgehead atoms. The van der Waals surface area contributed by atoms with E-state index in [1.807, 2.05) is 24.4 Å². The van der Waals surface area contributed by atoms with Crippen LogP contribution in [0.2, 0.25) is 0 Å². The molecule has 0 aliphatic carbocycles. The van der Waals surface area contributed by atoms with Gasteiger partial charge in [-0.25, -0.2) is 0 Å². The SMILES string of the molecule is c1ccc(-c2ccc(C3CNC3)cc2)nc1. The quantitative estimate of drug-likeness (QED) is 0.823. The molecule has 0 spiro atoms. The Labute approximate surface area is 95.3 Å². The summed E-state index contributed by atoms with van der Waals surface area (Å²) in [5, 5.41) is 3.29. The topological polar surface area (TPSA) is 24.9 Å². The summed E-state index contributed by atoms with van der Waals surface area (Å²) in [5.74, 6) is 0.706. The lowest BCUT2D eigenvalue weighted by Gasteiger charge is -2.27. The highest BCUT2D eigenvalue weighted by Gasteiger charge is 2.18. The largest absolute Gasteiger partial charge is 0.315 e. The average molecular weight is 210 g/mol. The molecule has 2 heteroatoms. The Hall–Kier alpha value is -1.67. The van der Waals surface area contributed by atoms with Crippen molar-refractivity contribution in [3.63, 3.8) is 0 Å². The van der Waals surface area contributed by atoms with Crippen molar-refractivity contribution < 1.29 is 0 Å². The van der Waals surface area contributed by atoms with Gasteiger partial charge in [0.15, 0.2) is 0 Å². The lowest BCUT2D eigenvalue weighted by atomic mass is 9.93. The van der Waals surface area contributed by atoms with E-state index in [0.717, 1.165) is 18.8 Å². The second-order valence-electron chi connectivity index (χ2n) is 4.19. The minimum Gasteiger partial charge on any atom is -0.315 e. The van der Waals surface area contributed by atoms with Crippen molar-refractivity contribution >= 4 is 0 Å². The molecule has 1 N–H and O–H groups in total. The van der Waals surface area contributed by atoms with Crippen molar-refractivity contribution in [2.24, 2.45) is 0 Å². The first-order valence-electron chi connectivity index (χ1n) is 5.65. The molecule has 0 atom stereocenters. The van der Waals surface area contributed by atoms with Crippen molar-refractivity contribution in [3.8, 4) is 11.3 Å². The van der Waals surface area contributed by atoms with Crippen LogP contribution in [-0.4, -0.2) is 18.1 Å². The predicted octanol–water partition coefficient (Wildman–Crippen LogP) is 2.44. The summed E-state index contributed by atoms with van der Waals surface area (Å²) in [6.45, 7) is 2.23. The lowest BCUT2D eigenvalue weighted by molar-refractivity contribution is 0.448. The molecule has 1 aliphatic heterocycles. The zero-order valence-electron chi connectivity index (χ0n) is 9.06. The number of benzene rings is 1. The van der Waals surface area contributed by atoms with Gasteiger partial charge in [-0.1, -0.05) is 30.3 Å². The molecule has 80 valence electrons. The van der Waals surface area contributed by atoms with Crippen molar-refractivity contribution in [2.75, 3.05) is 13.1 Å². The molecule has 0 saturated carbocycles. The summed E-state index contributed by atoms with van der Waals surface area (Å²) >= 11 is 0. The third-order valence-corrected chi connectivity index (χ3v) is 3.12. The maximum atomic E-state index is 4.35. The van der Waals surface area contributed by atoms with Gasteiger partial charge in [0.25, 0.3) is 0 Å². The van der Waals surface area contributed by atoms with Gasteiger partial charge >= 0.3 is 0 Å². The van der Waals surface area contributed by atoms with E-state index in [4.69, 9.17) is 0 Å². The highest BCUT2D eigenvalue weighted by molar-refractivity contribution is 5.59. The Morgan fingerprint density at radius 2 is 1.81 bits per heavy atom. The van der Waals surface area contributed by atoms with Crippen LogP contribution in [-0.2, 0) is 0 Å². The molecule has 0 amide bonds. The van der Waals surface area contributed by atoms with Crippen LogP contribution in [0.1, 0.15) is 11.5 Å². The van der Waals surface area contributed by atoms with Crippen LogP contribution in [0.4, 0.5) is 0 Å². The monoisotopic (exact) mass is 210 g/mol. The minimum absolute atomic E-state index is 0.706. The zero-order chi connectivity index (χ0) is 10.8. The molecular formula is C14H14N2. The summed E-state index contributed by atoms with van der Waals surface area (Å²) in [7, 11) is 0. The number of nitrogens with zero attached hydrogens (tertiary/aromatic N) is 1. The molecule has 1 aromatic carbocycles. The molecule has 1 aromatic heterocycles. The van der Waals surface area contributed by atoms with Crippen molar-refractivity contribution in [1.29, 1.82) is 0 Å². The molecule has 2 heterocycles. The Morgan fingerprint density at radius 1 is 1.00 bits per heavy atom. The first-order valence-corrected chi connectivity index (χ1v) is 5.65. The lowest BCUT2D eigenvalue weighted by Crippen LogP contribution is -2.39. The van der Waals surface area contributed by atoms with E-state index < -0.39 is 0 Å². The van der Waals surface area contributed by atoms with Gasteiger partial charge in [0.05, 0.1) is 5.69 Å². The second-order valence-corrected chi connectivity index (χ2v) is 4.19. The molecule has 0 radical (unpaired) electrons. The maximum absolute atomic E-state index is 4.35. The Balaban J connectivity index is 1.87. The van der Waals surface area contributed by atoms with Gasteiger partial charge in [-0.15, -0.1) is 0 Å². The minimum atomic E-state index is 0.706. The molecule has 16 heavy (non-hydrogen) atoms. The van der Waals surface area contributed by atoms with E-state index >= 15 is 0 Å². The molecule has 2 nitrogen and oxygen atoms in total. The summed E-state index contributed by atoms with van der Waals surface area (Å²) in [4.78, 5) is 4.35. The summed E-state index contributed by atoms with van der Waals surface area (Å²) < 4.78 is 0. The van der Waals surface area contributed by atoms with Crippen molar-refractivity contribution in [1.82, 2.24) is 10.3 Å².